The predicted molar refractivity (Wildman–Crippen MR) is 85.6 cm³/mol. The van der Waals surface area contributed by atoms with Crippen molar-refractivity contribution in [1.82, 2.24) is 4.98 Å². The van der Waals surface area contributed by atoms with E-state index in [4.69, 9.17) is 10.5 Å². The molecule has 1 heterocycles. The van der Waals surface area contributed by atoms with E-state index in [0.717, 1.165) is 0 Å². The lowest BCUT2D eigenvalue weighted by Gasteiger charge is -2.13. The van der Waals surface area contributed by atoms with Gasteiger partial charge in [0.1, 0.15) is 29.1 Å². The molecule has 2 aromatic rings. The smallest absolute Gasteiger partial charge is 0.268 e. The number of methoxy groups -OCH3 is 1. The Bertz CT molecular complexity index is 909. The van der Waals surface area contributed by atoms with Gasteiger partial charge in [0.05, 0.1) is 10.7 Å². The third-order valence-corrected chi connectivity index (χ3v) is 3.82. The molecule has 0 aliphatic carbocycles. The first-order chi connectivity index (χ1) is 10.5. The minimum absolute atomic E-state index is 0.0431. The maximum Gasteiger partial charge on any atom is 0.268 e. The molecule has 0 bridgehead atoms. The first-order valence-corrected chi connectivity index (χ1v) is 6.92. The summed E-state index contributed by atoms with van der Waals surface area (Å²) in [7, 11) is 1.26. The zero-order valence-corrected chi connectivity index (χ0v) is 13.4. The van der Waals surface area contributed by atoms with Gasteiger partial charge in [-0.3, -0.25) is 4.79 Å². The zero-order chi connectivity index (χ0) is 16.4. The van der Waals surface area contributed by atoms with Crippen LogP contribution in [0.3, 0.4) is 0 Å². The van der Waals surface area contributed by atoms with Gasteiger partial charge in [-0.05, 0) is 34.7 Å². The van der Waals surface area contributed by atoms with Crippen molar-refractivity contribution in [2.24, 2.45) is 0 Å². The number of hydrogen-bond donors (Lipinski definition) is 2. The average Bonchev–Trinajstić information content (AvgIpc) is 2.49. The number of H-pyrrole nitrogens is 1. The van der Waals surface area contributed by atoms with Crippen LogP contribution in [0.1, 0.15) is 11.1 Å². The fourth-order valence-electron chi connectivity index (χ4n) is 2.04. The van der Waals surface area contributed by atoms with Crippen molar-refractivity contribution in [2.75, 3.05) is 12.8 Å². The van der Waals surface area contributed by atoms with Crippen LogP contribution in [0.4, 0.5) is 10.2 Å². The number of halogens is 2. The second-order valence-electron chi connectivity index (χ2n) is 4.16. The lowest BCUT2D eigenvalue weighted by molar-refractivity contribution is 0.387. The highest BCUT2D eigenvalue weighted by Gasteiger charge is 2.23. The second-order valence-corrected chi connectivity index (χ2v) is 5.32. The Morgan fingerprint density at radius 3 is 2.50 bits per heavy atom. The molecule has 1 aromatic carbocycles. The van der Waals surface area contributed by atoms with E-state index in [0.29, 0.717) is 3.57 Å². The molecule has 3 N–H and O–H groups in total. The van der Waals surface area contributed by atoms with Crippen LogP contribution in [0, 0.1) is 32.0 Å². The van der Waals surface area contributed by atoms with Crippen LogP contribution >= 0.6 is 22.6 Å². The fraction of sp³-hybridized carbons (Fsp3) is 0.0714. The molecule has 6 nitrogen and oxygen atoms in total. The number of nitriles is 2. The lowest BCUT2D eigenvalue weighted by Crippen LogP contribution is -2.16. The minimum Gasteiger partial charge on any atom is -0.493 e. The number of ether oxygens (including phenoxy) is 1. The summed E-state index contributed by atoms with van der Waals surface area (Å²) in [6.45, 7) is 0. The number of nitrogens with two attached hydrogens (primary N) is 1. The Hall–Kier alpha value is -2.59. The summed E-state index contributed by atoms with van der Waals surface area (Å²) in [4.78, 5) is 14.1. The molecular weight excluding hydrogens is 402 g/mol. The number of rotatable bonds is 2. The van der Waals surface area contributed by atoms with E-state index >= 15 is 0 Å². The van der Waals surface area contributed by atoms with Crippen molar-refractivity contribution in [3.63, 3.8) is 0 Å². The van der Waals surface area contributed by atoms with Gasteiger partial charge in [-0.1, -0.05) is 0 Å². The van der Waals surface area contributed by atoms with E-state index in [9.17, 15) is 19.7 Å². The monoisotopic (exact) mass is 410 g/mol. The van der Waals surface area contributed by atoms with Gasteiger partial charge < -0.3 is 15.5 Å². The lowest BCUT2D eigenvalue weighted by atomic mass is 9.96. The van der Waals surface area contributed by atoms with Crippen LogP contribution < -0.4 is 16.0 Å². The first kappa shape index (κ1) is 15.8. The zero-order valence-electron chi connectivity index (χ0n) is 11.2. The SMILES string of the molecule is COc1c(-c2c(C#N)c(N)[nH]c(=O)c2C#N)ccc(I)c1F. The number of nitrogens with zero attached hydrogens (tertiary/aromatic N) is 2. The summed E-state index contributed by atoms with van der Waals surface area (Å²) < 4.78 is 19.5. The first-order valence-electron chi connectivity index (χ1n) is 5.84. The van der Waals surface area contributed by atoms with E-state index in [-0.39, 0.29) is 33.8 Å². The van der Waals surface area contributed by atoms with Crippen molar-refractivity contribution in [3.05, 3.63) is 43.0 Å². The largest absolute Gasteiger partial charge is 0.493 e. The van der Waals surface area contributed by atoms with Crippen molar-refractivity contribution < 1.29 is 9.13 Å². The normalized spacial score (nSPS) is 9.86. The number of aromatic nitrogens is 1. The molecule has 0 unspecified atom stereocenters. The van der Waals surface area contributed by atoms with Gasteiger partial charge >= 0.3 is 0 Å². The molecule has 0 atom stereocenters. The molecule has 0 saturated heterocycles. The summed E-state index contributed by atoms with van der Waals surface area (Å²) in [6.07, 6.45) is 0. The second kappa shape index (κ2) is 6.03. The van der Waals surface area contributed by atoms with E-state index in [1.807, 2.05) is 6.07 Å². The quantitative estimate of drug-likeness (QED) is 0.736. The van der Waals surface area contributed by atoms with Gasteiger partial charge in [-0.25, -0.2) is 4.39 Å². The Labute approximate surface area is 138 Å². The number of pyridine rings is 1. The topological polar surface area (TPSA) is 116 Å². The van der Waals surface area contributed by atoms with Crippen LogP contribution in [0.5, 0.6) is 5.75 Å². The van der Waals surface area contributed by atoms with Gasteiger partial charge in [-0.15, -0.1) is 0 Å². The Kier molecular flexibility index (Phi) is 4.33. The number of anilines is 1. The molecule has 1 aromatic heterocycles. The molecule has 0 radical (unpaired) electrons. The van der Waals surface area contributed by atoms with Crippen LogP contribution in [0.25, 0.3) is 11.1 Å². The summed E-state index contributed by atoms with van der Waals surface area (Å²) in [5, 5.41) is 18.5. The molecule has 0 saturated carbocycles. The van der Waals surface area contributed by atoms with Crippen LogP contribution in [0.2, 0.25) is 0 Å². The number of benzene rings is 1. The van der Waals surface area contributed by atoms with Gasteiger partial charge in [0.2, 0.25) is 0 Å². The summed E-state index contributed by atoms with van der Waals surface area (Å²) in [5.74, 6) is -1.00. The standard InChI is InChI=1S/C14H8FIN4O2/c1-22-12-6(2-3-9(16)11(12)15)10-7(4-17)13(19)20-14(21)8(10)5-18/h2-3H,1H3,(H3,19,20,21). The van der Waals surface area contributed by atoms with Gasteiger partial charge in [0.15, 0.2) is 11.6 Å². The molecule has 0 amide bonds. The molecule has 0 aliphatic heterocycles. The molecule has 0 fully saturated rings. The van der Waals surface area contributed by atoms with Gasteiger partial charge in [0.25, 0.3) is 5.56 Å². The van der Waals surface area contributed by atoms with Crippen molar-refractivity contribution in [1.29, 1.82) is 10.5 Å². The van der Waals surface area contributed by atoms with Gasteiger partial charge in [0, 0.05) is 11.1 Å². The highest BCUT2D eigenvalue weighted by molar-refractivity contribution is 14.1. The average molecular weight is 410 g/mol. The van der Waals surface area contributed by atoms with Crippen LogP contribution in [-0.2, 0) is 0 Å². The van der Waals surface area contributed by atoms with Crippen molar-refractivity contribution in [3.8, 4) is 29.0 Å². The van der Waals surface area contributed by atoms with E-state index < -0.39 is 11.4 Å². The van der Waals surface area contributed by atoms with E-state index in [1.54, 1.807) is 28.7 Å². The highest BCUT2D eigenvalue weighted by Crippen LogP contribution is 2.38. The molecule has 0 spiro atoms. The third-order valence-electron chi connectivity index (χ3n) is 2.99. The van der Waals surface area contributed by atoms with Crippen molar-refractivity contribution >= 4 is 28.4 Å². The van der Waals surface area contributed by atoms with Crippen LogP contribution in [-0.4, -0.2) is 12.1 Å². The Morgan fingerprint density at radius 2 is 1.95 bits per heavy atom. The molecule has 8 heteroatoms. The molecule has 0 aliphatic rings. The predicted octanol–water partition coefficient (Wildman–Crippen LogP) is 2.12. The molecule has 110 valence electrons. The van der Waals surface area contributed by atoms with Gasteiger partial charge in [-0.2, -0.15) is 10.5 Å². The van der Waals surface area contributed by atoms with Crippen LogP contribution in [0.15, 0.2) is 16.9 Å². The van der Waals surface area contributed by atoms with E-state index in [2.05, 4.69) is 4.98 Å². The number of hydrogen-bond acceptors (Lipinski definition) is 5. The molecule has 22 heavy (non-hydrogen) atoms. The maximum atomic E-state index is 14.2. The third kappa shape index (κ3) is 2.38. The maximum absolute atomic E-state index is 14.2. The summed E-state index contributed by atoms with van der Waals surface area (Å²) >= 11 is 1.78. The number of nitrogen functional groups attached to an aromatic ring is 1. The molecule has 2 rings (SSSR count). The summed E-state index contributed by atoms with van der Waals surface area (Å²) in [5.41, 5.74) is 4.50. The Balaban J connectivity index is 3.03. The van der Waals surface area contributed by atoms with Crippen molar-refractivity contribution in [2.45, 2.75) is 0 Å². The fourth-order valence-corrected chi connectivity index (χ4v) is 2.47. The number of aromatic amines is 1. The summed E-state index contributed by atoms with van der Waals surface area (Å²) in [6, 6.07) is 6.47. The van der Waals surface area contributed by atoms with E-state index in [1.165, 1.54) is 19.2 Å². The molecular formula is C14H8FIN4O2. The minimum atomic E-state index is -0.755. The number of nitrogens with one attached hydrogen (secondary N) is 1. The highest BCUT2D eigenvalue weighted by atomic mass is 127. The Morgan fingerprint density at radius 1 is 1.32 bits per heavy atom.